The second kappa shape index (κ2) is 14.1. The number of rotatable bonds is 12. The van der Waals surface area contributed by atoms with Gasteiger partial charge in [-0.15, -0.1) is 0 Å². The van der Waals surface area contributed by atoms with Gasteiger partial charge in [-0.1, -0.05) is 6.92 Å². The van der Waals surface area contributed by atoms with Crippen LogP contribution < -0.4 is 20.7 Å². The van der Waals surface area contributed by atoms with Crippen LogP contribution in [0.15, 0.2) is 48.9 Å². The Bertz CT molecular complexity index is 1300. The topological polar surface area (TPSA) is 133 Å². The smallest absolute Gasteiger partial charge is 0.278 e. The molecule has 1 aliphatic heterocycles. The maximum atomic E-state index is 13.2. The van der Waals surface area contributed by atoms with Crippen LogP contribution >= 0.6 is 12.6 Å². The number of aromatic nitrogens is 3. The van der Waals surface area contributed by atoms with Gasteiger partial charge in [0.15, 0.2) is 11.5 Å². The molecule has 4 rings (SSSR count). The highest BCUT2D eigenvalue weighted by Gasteiger charge is 2.20. The predicted octanol–water partition coefficient (Wildman–Crippen LogP) is 4.42. The van der Waals surface area contributed by atoms with E-state index in [9.17, 15) is 9.59 Å². The zero-order chi connectivity index (χ0) is 28.5. The van der Waals surface area contributed by atoms with Crippen molar-refractivity contribution in [1.29, 1.82) is 0 Å². The molecule has 11 heteroatoms. The van der Waals surface area contributed by atoms with Gasteiger partial charge >= 0.3 is 0 Å². The van der Waals surface area contributed by atoms with E-state index in [0.717, 1.165) is 30.8 Å². The summed E-state index contributed by atoms with van der Waals surface area (Å²) >= 11 is 4.33. The summed E-state index contributed by atoms with van der Waals surface area (Å²) in [7, 11) is 0. The number of amides is 1. The van der Waals surface area contributed by atoms with Gasteiger partial charge in [0.25, 0.3) is 5.91 Å². The number of pyridine rings is 1. The van der Waals surface area contributed by atoms with Crippen molar-refractivity contribution in [2.75, 3.05) is 42.3 Å². The van der Waals surface area contributed by atoms with E-state index in [-0.39, 0.29) is 28.6 Å². The zero-order valence-electron chi connectivity index (χ0n) is 22.9. The molecule has 3 aromatic rings. The van der Waals surface area contributed by atoms with Gasteiger partial charge in [0.1, 0.15) is 11.5 Å². The van der Waals surface area contributed by atoms with Crippen LogP contribution in [0.3, 0.4) is 0 Å². The number of thiol groups is 1. The van der Waals surface area contributed by atoms with Crippen LogP contribution in [0.1, 0.15) is 50.0 Å². The third kappa shape index (κ3) is 8.15. The molecule has 1 aliphatic rings. The lowest BCUT2D eigenvalue weighted by Gasteiger charge is -2.30. The van der Waals surface area contributed by atoms with Crippen LogP contribution in [0.25, 0.3) is 11.3 Å². The average molecular weight is 565 g/mol. The largest absolute Gasteiger partial charge is 0.491 e. The van der Waals surface area contributed by atoms with Gasteiger partial charge in [0, 0.05) is 37.7 Å². The van der Waals surface area contributed by atoms with Gasteiger partial charge in [-0.3, -0.25) is 14.6 Å². The van der Waals surface area contributed by atoms with Gasteiger partial charge in [0.2, 0.25) is 0 Å². The first-order valence-corrected chi connectivity index (χ1v) is 14.0. The Balaban J connectivity index is 1.39. The van der Waals surface area contributed by atoms with Crippen molar-refractivity contribution in [3.63, 3.8) is 0 Å². The molecule has 1 amide bonds. The SMILES string of the molecule is CC(S)CCC(=O)CCC(C)Oc1ccc(-c2cnc(N)c(C(=O)Nc3cnccc3N3CCOCC3)n2)cc1. The number of hydrogen-bond donors (Lipinski definition) is 3. The minimum Gasteiger partial charge on any atom is -0.491 e. The number of nitrogens with two attached hydrogens (primary N) is 1. The standard InChI is InChI=1S/C29H36N6O4S/c1-19(3-7-22(36)8-4-20(2)40)39-23-9-5-21(6-10-23)24-18-32-28(30)27(33-24)29(37)34-25-17-31-12-11-26(25)35-13-15-38-16-14-35/h5-6,9-12,17-20,40H,3-4,7-8,13-16H2,1-2H3,(H2,30,32)(H,34,37). The number of carbonyl (C=O) groups excluding carboxylic acids is 2. The first-order chi connectivity index (χ1) is 19.3. The number of Topliss-reactive ketones (excluding diaryl/α,β-unsaturated/α-hetero) is 1. The summed E-state index contributed by atoms with van der Waals surface area (Å²) in [4.78, 5) is 40.3. The number of ketones is 1. The number of nitrogens with one attached hydrogen (secondary N) is 1. The molecule has 2 aromatic heterocycles. The molecular weight excluding hydrogens is 528 g/mol. The third-order valence-electron chi connectivity index (χ3n) is 6.57. The minimum absolute atomic E-state index is 0.0280. The number of anilines is 3. The first kappa shape index (κ1) is 29.3. The average Bonchev–Trinajstić information content (AvgIpc) is 2.96. The Morgan fingerprint density at radius 2 is 1.82 bits per heavy atom. The normalized spacial score (nSPS) is 14.8. The van der Waals surface area contributed by atoms with Crippen LogP contribution in [0.4, 0.5) is 17.2 Å². The summed E-state index contributed by atoms with van der Waals surface area (Å²) in [5.41, 5.74) is 8.75. The number of morpholine rings is 1. The monoisotopic (exact) mass is 564 g/mol. The molecule has 1 aromatic carbocycles. The van der Waals surface area contributed by atoms with Gasteiger partial charge < -0.3 is 25.4 Å². The van der Waals surface area contributed by atoms with E-state index in [1.165, 1.54) is 6.20 Å². The fraction of sp³-hybridized carbons (Fsp3) is 0.414. The Labute approximate surface area is 240 Å². The molecule has 1 fully saturated rings. The van der Waals surface area contributed by atoms with E-state index < -0.39 is 5.91 Å². The molecule has 3 heterocycles. The number of ether oxygens (including phenoxy) is 2. The van der Waals surface area contributed by atoms with Gasteiger partial charge in [0.05, 0.1) is 48.8 Å². The van der Waals surface area contributed by atoms with Crippen molar-refractivity contribution in [2.24, 2.45) is 0 Å². The van der Waals surface area contributed by atoms with Crippen LogP contribution in [-0.4, -0.2) is 64.3 Å². The van der Waals surface area contributed by atoms with E-state index in [1.54, 1.807) is 12.4 Å². The molecule has 10 nitrogen and oxygen atoms in total. The fourth-order valence-corrected chi connectivity index (χ4v) is 4.43. The summed E-state index contributed by atoms with van der Waals surface area (Å²) in [6.07, 6.45) is 7.19. The van der Waals surface area contributed by atoms with Crippen molar-refractivity contribution in [2.45, 2.75) is 50.9 Å². The summed E-state index contributed by atoms with van der Waals surface area (Å²) in [6, 6.07) is 9.22. The number of nitrogens with zero attached hydrogens (tertiary/aromatic N) is 4. The Kier molecular flexibility index (Phi) is 10.3. The van der Waals surface area contributed by atoms with Crippen molar-refractivity contribution in [3.05, 3.63) is 54.6 Å². The van der Waals surface area contributed by atoms with E-state index in [1.807, 2.05) is 44.2 Å². The fourth-order valence-electron chi connectivity index (χ4n) is 4.30. The van der Waals surface area contributed by atoms with Gasteiger partial charge in [-0.25, -0.2) is 9.97 Å². The molecule has 0 bridgehead atoms. The third-order valence-corrected chi connectivity index (χ3v) is 6.83. The molecule has 2 unspecified atom stereocenters. The maximum absolute atomic E-state index is 13.2. The number of nitrogen functional groups attached to an aromatic ring is 1. The van der Waals surface area contributed by atoms with Crippen molar-refractivity contribution in [1.82, 2.24) is 15.0 Å². The quantitative estimate of drug-likeness (QED) is 0.273. The first-order valence-electron chi connectivity index (χ1n) is 13.5. The zero-order valence-corrected chi connectivity index (χ0v) is 23.8. The second-order valence-corrected chi connectivity index (χ2v) is 10.7. The molecular formula is C29H36N6O4S. The highest BCUT2D eigenvalue weighted by Crippen LogP contribution is 2.27. The molecule has 40 heavy (non-hydrogen) atoms. The van der Waals surface area contributed by atoms with Crippen LogP contribution in [0.2, 0.25) is 0 Å². The lowest BCUT2D eigenvalue weighted by molar-refractivity contribution is -0.119. The van der Waals surface area contributed by atoms with Gasteiger partial charge in [-0.05, 0) is 55.3 Å². The van der Waals surface area contributed by atoms with Crippen LogP contribution in [0.5, 0.6) is 5.75 Å². The lowest BCUT2D eigenvalue weighted by Crippen LogP contribution is -2.36. The molecule has 0 aliphatic carbocycles. The highest BCUT2D eigenvalue weighted by molar-refractivity contribution is 7.80. The van der Waals surface area contributed by atoms with E-state index >= 15 is 0 Å². The van der Waals surface area contributed by atoms with Gasteiger partial charge in [-0.2, -0.15) is 12.6 Å². The second-order valence-electron chi connectivity index (χ2n) is 9.85. The van der Waals surface area contributed by atoms with Crippen molar-refractivity contribution < 1.29 is 19.1 Å². The highest BCUT2D eigenvalue weighted by atomic mass is 32.1. The molecule has 0 saturated carbocycles. The van der Waals surface area contributed by atoms with Crippen LogP contribution in [-0.2, 0) is 9.53 Å². The molecule has 3 N–H and O–H groups in total. The molecule has 0 spiro atoms. The summed E-state index contributed by atoms with van der Waals surface area (Å²) in [5.74, 6) is 0.474. The number of hydrogen-bond acceptors (Lipinski definition) is 10. The summed E-state index contributed by atoms with van der Waals surface area (Å²) < 4.78 is 11.4. The number of benzene rings is 1. The predicted molar refractivity (Wildman–Crippen MR) is 159 cm³/mol. The van der Waals surface area contributed by atoms with E-state index in [2.05, 4.69) is 37.8 Å². The van der Waals surface area contributed by atoms with Crippen molar-refractivity contribution >= 4 is 41.5 Å². The van der Waals surface area contributed by atoms with Crippen LogP contribution in [0, 0.1) is 0 Å². The summed E-state index contributed by atoms with van der Waals surface area (Å²) in [6.45, 7) is 6.62. The Morgan fingerprint density at radius 3 is 2.55 bits per heavy atom. The molecule has 2 atom stereocenters. The van der Waals surface area contributed by atoms with E-state index in [0.29, 0.717) is 49.6 Å². The number of carbonyl (C=O) groups is 2. The van der Waals surface area contributed by atoms with E-state index in [4.69, 9.17) is 15.2 Å². The van der Waals surface area contributed by atoms with Crippen molar-refractivity contribution in [3.8, 4) is 17.0 Å². The summed E-state index contributed by atoms with van der Waals surface area (Å²) in [5, 5.41) is 3.12. The Morgan fingerprint density at radius 1 is 1.10 bits per heavy atom. The minimum atomic E-state index is -0.471. The lowest BCUT2D eigenvalue weighted by atomic mass is 10.1. The maximum Gasteiger partial charge on any atom is 0.278 e. The molecule has 1 saturated heterocycles. The molecule has 0 radical (unpaired) electrons. The Hall–Kier alpha value is -3.70. The molecule has 212 valence electrons.